The topological polar surface area (TPSA) is 66.4 Å². The number of benzene rings is 3. The summed E-state index contributed by atoms with van der Waals surface area (Å²) in [5, 5.41) is 11.7. The Balaban J connectivity index is 1.88. The molecular weight excluding hydrogens is 370 g/mol. The molecule has 0 spiro atoms. The van der Waals surface area contributed by atoms with Crippen molar-refractivity contribution in [2.24, 2.45) is 5.92 Å². The molecule has 0 aliphatic rings. The van der Waals surface area contributed by atoms with Crippen LogP contribution in [0.15, 0.2) is 89.8 Å². The van der Waals surface area contributed by atoms with Crippen LogP contribution in [0.2, 0.25) is 0 Å². The summed E-state index contributed by atoms with van der Waals surface area (Å²) in [5.41, 5.74) is 1.12. The molecule has 0 radical (unpaired) electrons. The van der Waals surface area contributed by atoms with Gasteiger partial charge in [-0.1, -0.05) is 85.3 Å². The van der Waals surface area contributed by atoms with E-state index in [2.05, 4.69) is 4.72 Å². The van der Waals surface area contributed by atoms with E-state index >= 15 is 0 Å². The molecule has 3 aromatic rings. The zero-order chi connectivity index (χ0) is 20.2. The van der Waals surface area contributed by atoms with E-state index < -0.39 is 21.5 Å². The first-order chi connectivity index (χ1) is 13.3. The number of aliphatic hydroxyl groups is 1. The fraction of sp³-hybridized carbons (Fsp3) is 0.217. The Morgan fingerprint density at radius 2 is 1.32 bits per heavy atom. The SMILES string of the molecule is Cc1ccc(S(=O)(=O)NC[C@H](C)C(O)(c2ccccc2)c2ccccc2)cc1. The second-order valence-electron chi connectivity index (χ2n) is 7.06. The zero-order valence-corrected chi connectivity index (χ0v) is 16.9. The molecule has 0 saturated heterocycles. The van der Waals surface area contributed by atoms with Gasteiger partial charge in [-0.3, -0.25) is 0 Å². The number of hydrogen-bond donors (Lipinski definition) is 2. The molecule has 4 nitrogen and oxygen atoms in total. The van der Waals surface area contributed by atoms with Gasteiger partial charge in [-0.15, -0.1) is 0 Å². The highest BCUT2D eigenvalue weighted by Gasteiger charge is 2.38. The first-order valence-corrected chi connectivity index (χ1v) is 10.7. The number of aryl methyl sites for hydroxylation is 1. The maximum atomic E-state index is 12.7. The third-order valence-corrected chi connectivity index (χ3v) is 6.49. The molecular formula is C23H25NO3S. The minimum Gasteiger partial charge on any atom is -0.380 e. The van der Waals surface area contributed by atoms with Crippen LogP contribution in [0.25, 0.3) is 0 Å². The van der Waals surface area contributed by atoms with Gasteiger partial charge in [0.25, 0.3) is 0 Å². The van der Waals surface area contributed by atoms with Crippen LogP contribution in [-0.4, -0.2) is 20.1 Å². The first kappa shape index (κ1) is 20.3. The van der Waals surface area contributed by atoms with E-state index in [-0.39, 0.29) is 11.4 Å². The van der Waals surface area contributed by atoms with Crippen LogP contribution >= 0.6 is 0 Å². The maximum Gasteiger partial charge on any atom is 0.240 e. The number of rotatable bonds is 7. The quantitative estimate of drug-likeness (QED) is 0.639. The van der Waals surface area contributed by atoms with Crippen molar-refractivity contribution in [2.45, 2.75) is 24.3 Å². The molecule has 1 atom stereocenters. The standard InChI is InChI=1S/C23H25NO3S/c1-18-13-15-22(16-14-18)28(26,27)24-17-19(2)23(25,20-9-5-3-6-10-20)21-11-7-4-8-12-21/h3-16,19,24-25H,17H2,1-2H3/t19-/m0/s1. The van der Waals surface area contributed by atoms with Crippen molar-refractivity contribution in [1.29, 1.82) is 0 Å². The van der Waals surface area contributed by atoms with Crippen molar-refractivity contribution < 1.29 is 13.5 Å². The van der Waals surface area contributed by atoms with E-state index in [4.69, 9.17) is 0 Å². The Morgan fingerprint density at radius 1 is 0.857 bits per heavy atom. The lowest BCUT2D eigenvalue weighted by Crippen LogP contribution is -2.41. The number of nitrogens with one attached hydrogen (secondary N) is 1. The molecule has 146 valence electrons. The summed E-state index contributed by atoms with van der Waals surface area (Å²) < 4.78 is 28.0. The highest BCUT2D eigenvalue weighted by atomic mass is 32.2. The minimum absolute atomic E-state index is 0.0937. The Labute approximate surface area is 166 Å². The smallest absolute Gasteiger partial charge is 0.240 e. The summed E-state index contributed by atoms with van der Waals surface area (Å²) in [7, 11) is -3.66. The minimum atomic E-state index is -3.66. The summed E-state index contributed by atoms with van der Waals surface area (Å²) in [5.74, 6) is -0.405. The lowest BCUT2D eigenvalue weighted by molar-refractivity contribution is 0.0262. The molecule has 0 aliphatic carbocycles. The predicted molar refractivity (Wildman–Crippen MR) is 111 cm³/mol. The van der Waals surface area contributed by atoms with Gasteiger partial charge in [-0.25, -0.2) is 13.1 Å². The summed E-state index contributed by atoms with van der Waals surface area (Å²) in [4.78, 5) is 0.216. The number of sulfonamides is 1. The molecule has 28 heavy (non-hydrogen) atoms. The summed E-state index contributed by atoms with van der Waals surface area (Å²) in [6.07, 6.45) is 0. The van der Waals surface area contributed by atoms with E-state index in [1.165, 1.54) is 0 Å². The van der Waals surface area contributed by atoms with Crippen LogP contribution in [0.1, 0.15) is 23.6 Å². The highest BCUT2D eigenvalue weighted by molar-refractivity contribution is 7.89. The van der Waals surface area contributed by atoms with Gasteiger partial charge in [0.2, 0.25) is 10.0 Å². The molecule has 2 N–H and O–H groups in total. The van der Waals surface area contributed by atoms with Gasteiger partial charge in [-0.2, -0.15) is 0 Å². The van der Waals surface area contributed by atoms with Crippen LogP contribution in [-0.2, 0) is 15.6 Å². The fourth-order valence-corrected chi connectivity index (χ4v) is 4.43. The van der Waals surface area contributed by atoms with E-state index in [0.717, 1.165) is 16.7 Å². The monoisotopic (exact) mass is 395 g/mol. The molecule has 0 heterocycles. The van der Waals surface area contributed by atoms with Crippen molar-refractivity contribution in [1.82, 2.24) is 4.72 Å². The molecule has 0 saturated carbocycles. The van der Waals surface area contributed by atoms with Crippen LogP contribution < -0.4 is 4.72 Å². The fourth-order valence-electron chi connectivity index (χ4n) is 3.30. The van der Waals surface area contributed by atoms with Crippen molar-refractivity contribution in [2.75, 3.05) is 6.54 Å². The number of hydrogen-bond acceptors (Lipinski definition) is 3. The summed E-state index contributed by atoms with van der Waals surface area (Å²) in [6.45, 7) is 3.85. The molecule has 3 rings (SSSR count). The normalized spacial score (nSPS) is 13.2. The highest BCUT2D eigenvalue weighted by Crippen LogP contribution is 2.36. The third-order valence-electron chi connectivity index (χ3n) is 5.05. The predicted octanol–water partition coefficient (Wildman–Crippen LogP) is 3.85. The van der Waals surface area contributed by atoms with Gasteiger partial charge in [0.15, 0.2) is 0 Å². The molecule has 0 amide bonds. The summed E-state index contributed by atoms with van der Waals surface area (Å²) >= 11 is 0. The largest absolute Gasteiger partial charge is 0.380 e. The second kappa shape index (κ2) is 8.27. The second-order valence-corrected chi connectivity index (χ2v) is 8.83. The average molecular weight is 396 g/mol. The Hall–Kier alpha value is -2.47. The molecule has 3 aromatic carbocycles. The lowest BCUT2D eigenvalue weighted by Gasteiger charge is -2.35. The van der Waals surface area contributed by atoms with E-state index in [1.807, 2.05) is 74.5 Å². The van der Waals surface area contributed by atoms with Gasteiger partial charge in [0.1, 0.15) is 5.60 Å². The van der Waals surface area contributed by atoms with Crippen LogP contribution in [0.4, 0.5) is 0 Å². The lowest BCUT2D eigenvalue weighted by atomic mass is 9.77. The Bertz CT molecular complexity index is 961. The van der Waals surface area contributed by atoms with Gasteiger partial charge < -0.3 is 5.11 Å². The van der Waals surface area contributed by atoms with Crippen molar-refractivity contribution in [3.8, 4) is 0 Å². The zero-order valence-electron chi connectivity index (χ0n) is 16.0. The van der Waals surface area contributed by atoms with Gasteiger partial charge >= 0.3 is 0 Å². The molecule has 0 aromatic heterocycles. The maximum absolute atomic E-state index is 12.7. The molecule has 5 heteroatoms. The van der Waals surface area contributed by atoms with E-state index in [0.29, 0.717) is 0 Å². The van der Waals surface area contributed by atoms with Crippen molar-refractivity contribution >= 4 is 10.0 Å². The molecule has 0 bridgehead atoms. The van der Waals surface area contributed by atoms with Crippen LogP contribution in [0.5, 0.6) is 0 Å². The van der Waals surface area contributed by atoms with Gasteiger partial charge in [-0.05, 0) is 30.2 Å². The van der Waals surface area contributed by atoms with Gasteiger partial charge in [0, 0.05) is 12.5 Å². The Morgan fingerprint density at radius 3 is 1.79 bits per heavy atom. The van der Waals surface area contributed by atoms with E-state index in [9.17, 15) is 13.5 Å². The van der Waals surface area contributed by atoms with Crippen LogP contribution in [0, 0.1) is 12.8 Å². The Kier molecular flexibility index (Phi) is 5.98. The molecule has 0 aliphatic heterocycles. The van der Waals surface area contributed by atoms with Crippen molar-refractivity contribution in [3.63, 3.8) is 0 Å². The summed E-state index contributed by atoms with van der Waals surface area (Å²) in [6, 6.07) is 25.4. The average Bonchev–Trinajstić information content (AvgIpc) is 2.73. The van der Waals surface area contributed by atoms with Crippen LogP contribution in [0.3, 0.4) is 0 Å². The molecule has 0 fully saturated rings. The third kappa shape index (κ3) is 4.17. The van der Waals surface area contributed by atoms with Gasteiger partial charge in [0.05, 0.1) is 4.90 Å². The van der Waals surface area contributed by atoms with E-state index in [1.54, 1.807) is 24.3 Å². The first-order valence-electron chi connectivity index (χ1n) is 9.24. The molecule has 0 unspecified atom stereocenters. The van der Waals surface area contributed by atoms with Crippen molar-refractivity contribution in [3.05, 3.63) is 102 Å².